The lowest BCUT2D eigenvalue weighted by Crippen LogP contribution is -2.40. The second kappa shape index (κ2) is 8.39. The number of amides is 2. The van der Waals surface area contributed by atoms with E-state index in [1.165, 1.54) is 0 Å². The summed E-state index contributed by atoms with van der Waals surface area (Å²) < 4.78 is 16.6. The number of carbonyl (C=O) groups excluding carboxylic acids is 1. The van der Waals surface area contributed by atoms with E-state index in [0.29, 0.717) is 26.3 Å². The Kier molecular flexibility index (Phi) is 5.53. The molecule has 0 saturated heterocycles. The average molecular weight is 398 g/mol. The third-order valence-electron chi connectivity index (χ3n) is 4.55. The maximum absolute atomic E-state index is 13.0. The van der Waals surface area contributed by atoms with Crippen LogP contribution >= 0.6 is 11.3 Å². The normalized spacial score (nSPS) is 13.8. The van der Waals surface area contributed by atoms with Gasteiger partial charge in [-0.2, -0.15) is 0 Å². The number of nitrogens with zero attached hydrogens (tertiary/aromatic N) is 1. The maximum Gasteiger partial charge on any atom is 0.318 e. The van der Waals surface area contributed by atoms with Crippen molar-refractivity contribution < 1.29 is 18.7 Å². The lowest BCUT2D eigenvalue weighted by Gasteiger charge is -2.25. The molecule has 0 unspecified atom stereocenters. The van der Waals surface area contributed by atoms with Crippen LogP contribution in [-0.2, 0) is 13.1 Å². The second-order valence-electron chi connectivity index (χ2n) is 6.59. The van der Waals surface area contributed by atoms with E-state index < -0.39 is 0 Å². The van der Waals surface area contributed by atoms with E-state index in [4.69, 9.17) is 13.9 Å². The van der Waals surface area contributed by atoms with Crippen LogP contribution < -0.4 is 14.8 Å². The fourth-order valence-corrected chi connectivity index (χ4v) is 3.79. The van der Waals surface area contributed by atoms with Crippen LogP contribution in [0.25, 0.3) is 0 Å². The van der Waals surface area contributed by atoms with Gasteiger partial charge in [0, 0.05) is 4.88 Å². The number of nitrogens with one attached hydrogen (secondary N) is 1. The van der Waals surface area contributed by atoms with Gasteiger partial charge < -0.3 is 24.1 Å². The lowest BCUT2D eigenvalue weighted by molar-refractivity contribution is 0.171. The third-order valence-corrected chi connectivity index (χ3v) is 5.41. The predicted octanol–water partition coefficient (Wildman–Crippen LogP) is 4.59. The Hall–Kier alpha value is -2.93. The zero-order valence-electron chi connectivity index (χ0n) is 15.6. The summed E-state index contributed by atoms with van der Waals surface area (Å²) in [7, 11) is 0. The molecule has 0 saturated carbocycles. The second-order valence-corrected chi connectivity index (χ2v) is 7.62. The summed E-state index contributed by atoms with van der Waals surface area (Å²) in [4.78, 5) is 15.9. The first-order valence-corrected chi connectivity index (χ1v) is 10.1. The fourth-order valence-electron chi connectivity index (χ4n) is 3.07. The number of rotatable bonds is 6. The van der Waals surface area contributed by atoms with Crippen LogP contribution in [-0.4, -0.2) is 24.1 Å². The standard InChI is InChI=1S/C21H22N2O4S/c1-15(16-6-7-19-20(12-16)27-10-9-26-19)22-21(24)23(13-17-4-2-8-25-17)14-18-5-3-11-28-18/h2-8,11-12,15H,9-10,13-14H2,1H3,(H,22,24)/t15-/m1/s1. The predicted molar refractivity (Wildman–Crippen MR) is 107 cm³/mol. The number of hydrogen-bond acceptors (Lipinski definition) is 5. The molecule has 1 atom stereocenters. The summed E-state index contributed by atoms with van der Waals surface area (Å²) >= 11 is 1.63. The van der Waals surface area contributed by atoms with Crippen molar-refractivity contribution in [3.05, 3.63) is 70.3 Å². The molecule has 28 heavy (non-hydrogen) atoms. The van der Waals surface area contributed by atoms with Gasteiger partial charge in [-0.3, -0.25) is 0 Å². The van der Waals surface area contributed by atoms with Crippen molar-refractivity contribution in [2.75, 3.05) is 13.2 Å². The molecule has 1 aliphatic rings. The van der Waals surface area contributed by atoms with Crippen molar-refractivity contribution in [3.8, 4) is 11.5 Å². The summed E-state index contributed by atoms with van der Waals surface area (Å²) in [5.41, 5.74) is 0.965. The van der Waals surface area contributed by atoms with Crippen molar-refractivity contribution in [3.63, 3.8) is 0 Å². The smallest absolute Gasteiger partial charge is 0.318 e. The van der Waals surface area contributed by atoms with Crippen LogP contribution in [0, 0.1) is 0 Å². The first-order chi connectivity index (χ1) is 13.7. The molecule has 1 aromatic carbocycles. The number of urea groups is 1. The van der Waals surface area contributed by atoms with Gasteiger partial charge in [-0.05, 0) is 48.2 Å². The van der Waals surface area contributed by atoms with Crippen LogP contribution in [0.3, 0.4) is 0 Å². The summed E-state index contributed by atoms with van der Waals surface area (Å²) in [5.74, 6) is 2.21. The van der Waals surface area contributed by atoms with E-state index in [1.807, 2.05) is 54.8 Å². The highest BCUT2D eigenvalue weighted by molar-refractivity contribution is 7.09. The Balaban J connectivity index is 1.46. The van der Waals surface area contributed by atoms with E-state index in [9.17, 15) is 4.79 Å². The molecule has 1 N–H and O–H groups in total. The summed E-state index contributed by atoms with van der Waals surface area (Å²) in [6.45, 7) is 3.99. The fraction of sp³-hybridized carbons (Fsp3) is 0.286. The highest BCUT2D eigenvalue weighted by Crippen LogP contribution is 2.32. The summed E-state index contributed by atoms with van der Waals surface area (Å²) in [6.07, 6.45) is 1.62. The molecule has 3 aromatic rings. The molecule has 0 aliphatic carbocycles. The van der Waals surface area contributed by atoms with Crippen LogP contribution in [0.15, 0.2) is 58.5 Å². The van der Waals surface area contributed by atoms with Crippen molar-refractivity contribution in [1.82, 2.24) is 10.2 Å². The molecule has 0 spiro atoms. The molecule has 2 aromatic heterocycles. The Morgan fingerprint density at radius 1 is 1.14 bits per heavy atom. The number of hydrogen-bond donors (Lipinski definition) is 1. The molecular weight excluding hydrogens is 376 g/mol. The summed E-state index contributed by atoms with van der Waals surface area (Å²) in [6, 6.07) is 13.2. The maximum atomic E-state index is 13.0. The molecule has 0 radical (unpaired) electrons. The van der Waals surface area contributed by atoms with Gasteiger partial charge in [-0.25, -0.2) is 4.79 Å². The zero-order valence-corrected chi connectivity index (χ0v) is 16.4. The van der Waals surface area contributed by atoms with E-state index in [1.54, 1.807) is 22.5 Å². The van der Waals surface area contributed by atoms with E-state index in [-0.39, 0.29) is 12.1 Å². The highest BCUT2D eigenvalue weighted by atomic mass is 32.1. The highest BCUT2D eigenvalue weighted by Gasteiger charge is 2.20. The van der Waals surface area contributed by atoms with Crippen LogP contribution in [0.4, 0.5) is 4.79 Å². The lowest BCUT2D eigenvalue weighted by atomic mass is 10.1. The number of fused-ring (bicyclic) bond motifs is 1. The Morgan fingerprint density at radius 2 is 2.00 bits per heavy atom. The van der Waals surface area contributed by atoms with Gasteiger partial charge in [-0.1, -0.05) is 12.1 Å². The molecular formula is C21H22N2O4S. The number of carbonyl (C=O) groups is 1. The molecule has 1 aliphatic heterocycles. The first-order valence-electron chi connectivity index (χ1n) is 9.19. The topological polar surface area (TPSA) is 63.9 Å². The molecule has 3 heterocycles. The monoisotopic (exact) mass is 398 g/mol. The van der Waals surface area contributed by atoms with Gasteiger partial charge in [0.1, 0.15) is 19.0 Å². The number of thiophene rings is 1. The molecule has 0 fully saturated rings. The van der Waals surface area contributed by atoms with Crippen molar-refractivity contribution in [1.29, 1.82) is 0 Å². The quantitative estimate of drug-likeness (QED) is 0.660. The minimum atomic E-state index is -0.175. The third kappa shape index (κ3) is 4.31. The van der Waals surface area contributed by atoms with Gasteiger partial charge in [-0.15, -0.1) is 11.3 Å². The van der Waals surface area contributed by atoms with E-state index in [0.717, 1.165) is 27.7 Å². The van der Waals surface area contributed by atoms with E-state index >= 15 is 0 Å². The number of furan rings is 1. The summed E-state index contributed by atoms with van der Waals surface area (Å²) in [5, 5.41) is 5.09. The van der Waals surface area contributed by atoms with Gasteiger partial charge in [0.25, 0.3) is 0 Å². The average Bonchev–Trinajstić information content (AvgIpc) is 3.41. The number of benzene rings is 1. The molecule has 2 amide bonds. The molecule has 146 valence electrons. The molecule has 0 bridgehead atoms. The van der Waals surface area contributed by atoms with Gasteiger partial charge in [0.05, 0.1) is 25.4 Å². The van der Waals surface area contributed by atoms with Crippen molar-refractivity contribution >= 4 is 17.4 Å². The Morgan fingerprint density at radius 3 is 2.75 bits per heavy atom. The zero-order chi connectivity index (χ0) is 19.3. The minimum absolute atomic E-state index is 0.146. The molecule has 6 nitrogen and oxygen atoms in total. The first kappa shape index (κ1) is 18.4. The van der Waals surface area contributed by atoms with Crippen LogP contribution in [0.2, 0.25) is 0 Å². The van der Waals surface area contributed by atoms with Crippen molar-refractivity contribution in [2.45, 2.75) is 26.1 Å². The molecule has 4 rings (SSSR count). The SMILES string of the molecule is C[C@@H](NC(=O)N(Cc1ccco1)Cc1cccs1)c1ccc2c(c1)OCCO2. The number of ether oxygens (including phenoxy) is 2. The largest absolute Gasteiger partial charge is 0.486 e. The van der Waals surface area contributed by atoms with Gasteiger partial charge >= 0.3 is 6.03 Å². The van der Waals surface area contributed by atoms with Crippen LogP contribution in [0.5, 0.6) is 11.5 Å². The minimum Gasteiger partial charge on any atom is -0.486 e. The Labute approximate surface area is 167 Å². The molecule has 7 heteroatoms. The van der Waals surface area contributed by atoms with Crippen molar-refractivity contribution in [2.24, 2.45) is 0 Å². The van der Waals surface area contributed by atoms with Crippen LogP contribution in [0.1, 0.15) is 29.2 Å². The van der Waals surface area contributed by atoms with Gasteiger partial charge in [0.15, 0.2) is 11.5 Å². The van der Waals surface area contributed by atoms with Gasteiger partial charge in [0.2, 0.25) is 0 Å². The van der Waals surface area contributed by atoms with E-state index in [2.05, 4.69) is 5.32 Å². The Bertz CT molecular complexity index is 872.